The highest BCUT2D eigenvalue weighted by Gasteiger charge is 2.62. The van der Waals surface area contributed by atoms with Gasteiger partial charge in [0.1, 0.15) is 28.5 Å². The van der Waals surface area contributed by atoms with Crippen molar-refractivity contribution in [1.82, 2.24) is 0 Å². The number of rotatable bonds is 2. The molecule has 53 heavy (non-hydrogen) atoms. The van der Waals surface area contributed by atoms with Crippen LogP contribution in [-0.4, -0.2) is 35.6 Å². The van der Waals surface area contributed by atoms with Crippen molar-refractivity contribution in [1.29, 1.82) is 0 Å². The Morgan fingerprint density at radius 1 is 0.623 bits per heavy atom. The molecule has 3 aromatic carbocycles. The summed E-state index contributed by atoms with van der Waals surface area (Å²) < 4.78 is 26.7. The highest BCUT2D eigenvalue weighted by Crippen LogP contribution is 2.65. The molecular weight excluding hydrogens is 660 g/mol. The minimum absolute atomic E-state index is 0.283. The lowest BCUT2D eigenvalue weighted by Gasteiger charge is -2.52. The molecule has 0 bridgehead atoms. The second-order valence-corrected chi connectivity index (χ2v) is 17.9. The number of benzene rings is 3. The van der Waals surface area contributed by atoms with E-state index in [0.717, 1.165) is 75.7 Å². The van der Waals surface area contributed by atoms with Gasteiger partial charge in [-0.2, -0.15) is 0 Å². The Hall–Kier alpha value is -3.77. The molecule has 276 valence electrons. The van der Waals surface area contributed by atoms with Crippen molar-refractivity contribution in [3.8, 4) is 35.2 Å². The third-order valence-electron chi connectivity index (χ3n) is 16.0. The van der Waals surface area contributed by atoms with Gasteiger partial charge < -0.3 is 19.7 Å². The van der Waals surface area contributed by atoms with Gasteiger partial charge in [-0.25, -0.2) is 4.39 Å². The first-order chi connectivity index (χ1) is 25.5. The molecule has 5 heteroatoms. The number of ether oxygens (including phenoxy) is 2. The number of methoxy groups -OCH3 is 2. The molecule has 0 unspecified atom stereocenters. The molecular formula is C48H53FO4. The van der Waals surface area contributed by atoms with E-state index < -0.39 is 17.0 Å². The van der Waals surface area contributed by atoms with Crippen LogP contribution in [0.25, 0.3) is 0 Å². The van der Waals surface area contributed by atoms with Crippen LogP contribution in [0.3, 0.4) is 0 Å². The number of aliphatic hydroxyl groups is 2. The van der Waals surface area contributed by atoms with Gasteiger partial charge in [-0.15, -0.1) is 0 Å². The van der Waals surface area contributed by atoms with Crippen LogP contribution in [0.5, 0.6) is 11.5 Å². The van der Waals surface area contributed by atoms with Crippen LogP contribution < -0.4 is 9.47 Å². The third-order valence-corrected chi connectivity index (χ3v) is 16.0. The zero-order valence-corrected chi connectivity index (χ0v) is 31.7. The van der Waals surface area contributed by atoms with E-state index >= 15 is 4.39 Å². The SMILES string of the molecule is COc1ccc2c(c1)CC[C@@H]1[C@@H]2CC[C@@]2(C)[C@H]1CC[C@@]2(O)C#Cc1ccc(C#C[C@]2(O)CC[C@H]3[C@@H]4CCc5cc(OC)ccc5[C@H]4CC[C@@]32C)c(F)c1. The number of aryl methyl sites for hydroxylation is 2. The molecule has 6 aliphatic rings. The Bertz CT molecular complexity index is 2080. The van der Waals surface area contributed by atoms with Crippen LogP contribution in [0, 0.1) is 64.0 Å². The lowest BCUT2D eigenvalue weighted by Crippen LogP contribution is -2.50. The van der Waals surface area contributed by atoms with E-state index in [1.807, 2.05) is 6.07 Å². The van der Waals surface area contributed by atoms with Crippen LogP contribution in [0.2, 0.25) is 0 Å². The predicted octanol–water partition coefficient (Wildman–Crippen LogP) is 9.12. The molecule has 4 nitrogen and oxygen atoms in total. The lowest BCUT2D eigenvalue weighted by atomic mass is 9.53. The number of hydrogen-bond acceptors (Lipinski definition) is 4. The average Bonchev–Trinajstić information content (AvgIpc) is 3.61. The smallest absolute Gasteiger partial charge is 0.140 e. The first kappa shape index (κ1) is 35.0. The summed E-state index contributed by atoms with van der Waals surface area (Å²) in [5.41, 5.74) is 3.67. The average molecular weight is 713 g/mol. The van der Waals surface area contributed by atoms with Crippen molar-refractivity contribution in [2.45, 2.75) is 114 Å². The van der Waals surface area contributed by atoms with Crippen LogP contribution in [0.15, 0.2) is 54.6 Å². The van der Waals surface area contributed by atoms with Crippen molar-refractivity contribution in [3.63, 3.8) is 0 Å². The van der Waals surface area contributed by atoms with Gasteiger partial charge in [-0.05, 0) is 177 Å². The van der Waals surface area contributed by atoms with Gasteiger partial charge in [-0.1, -0.05) is 49.7 Å². The molecule has 0 aliphatic heterocycles. The minimum atomic E-state index is -1.16. The Kier molecular flexibility index (Phi) is 8.34. The van der Waals surface area contributed by atoms with Gasteiger partial charge in [0.2, 0.25) is 0 Å². The highest BCUT2D eigenvalue weighted by atomic mass is 19.1. The summed E-state index contributed by atoms with van der Waals surface area (Å²) in [6.45, 7) is 4.47. The van der Waals surface area contributed by atoms with E-state index in [1.54, 1.807) is 20.3 Å². The molecule has 0 saturated heterocycles. The minimum Gasteiger partial charge on any atom is -0.497 e. The molecule has 0 spiro atoms. The fraction of sp³-hybridized carbons (Fsp3) is 0.542. The zero-order valence-electron chi connectivity index (χ0n) is 31.7. The monoisotopic (exact) mass is 712 g/mol. The van der Waals surface area contributed by atoms with Gasteiger partial charge >= 0.3 is 0 Å². The van der Waals surface area contributed by atoms with Crippen LogP contribution >= 0.6 is 0 Å². The first-order valence-electron chi connectivity index (χ1n) is 20.1. The molecule has 4 fully saturated rings. The number of hydrogen-bond donors (Lipinski definition) is 2. The largest absolute Gasteiger partial charge is 0.497 e. The van der Waals surface area contributed by atoms with E-state index in [9.17, 15) is 10.2 Å². The highest BCUT2D eigenvalue weighted by molar-refractivity contribution is 5.47. The molecule has 4 saturated carbocycles. The summed E-state index contributed by atoms with van der Waals surface area (Å²) >= 11 is 0. The standard InChI is InChI=1S/C48H53FO4/c1-45-21-17-38-36-13-9-34(52-3)28-32(36)7-11-40(38)42(45)19-25-47(45,50)23-15-30-5-6-31(44(49)27-30)16-24-48(51)26-20-43-41-12-8-33-29-35(53-4)10-14-37(33)39(41)18-22-46(43,48)2/h5-6,9-10,13-14,27-29,38-43,50-51H,7-8,11-12,17-22,25-26H2,1-4H3/t38-,39-,40-,41-,42+,43+,45+,46+,47+,48+/m1/s1. The molecule has 9 rings (SSSR count). The van der Waals surface area contributed by atoms with Gasteiger partial charge in [0.15, 0.2) is 0 Å². The quantitative estimate of drug-likeness (QED) is 0.261. The zero-order chi connectivity index (χ0) is 36.8. The summed E-state index contributed by atoms with van der Waals surface area (Å²) in [4.78, 5) is 0. The Labute approximate surface area is 314 Å². The second kappa shape index (κ2) is 12.6. The maximum absolute atomic E-state index is 15.7. The summed E-state index contributed by atoms with van der Waals surface area (Å²) in [5.74, 6) is 17.0. The fourth-order valence-corrected chi connectivity index (χ4v) is 12.9. The van der Waals surface area contributed by atoms with E-state index in [0.29, 0.717) is 53.9 Å². The predicted molar refractivity (Wildman–Crippen MR) is 205 cm³/mol. The summed E-state index contributed by atoms with van der Waals surface area (Å²) in [7, 11) is 3.45. The van der Waals surface area contributed by atoms with E-state index in [2.05, 4.69) is 73.9 Å². The maximum Gasteiger partial charge on any atom is 0.140 e. The van der Waals surface area contributed by atoms with E-state index in [-0.39, 0.29) is 16.4 Å². The van der Waals surface area contributed by atoms with Gasteiger partial charge in [0, 0.05) is 16.4 Å². The van der Waals surface area contributed by atoms with Gasteiger partial charge in [0.05, 0.1) is 19.8 Å². The Morgan fingerprint density at radius 3 is 1.62 bits per heavy atom. The lowest BCUT2D eigenvalue weighted by molar-refractivity contribution is -0.0648. The molecule has 0 heterocycles. The van der Waals surface area contributed by atoms with E-state index in [1.165, 1.54) is 28.3 Å². The molecule has 6 aliphatic carbocycles. The van der Waals surface area contributed by atoms with Crippen LogP contribution in [-0.2, 0) is 12.8 Å². The van der Waals surface area contributed by atoms with Crippen molar-refractivity contribution in [2.24, 2.45) is 34.5 Å². The summed E-state index contributed by atoms with van der Waals surface area (Å²) in [5, 5.41) is 24.3. The number of fused-ring (bicyclic) bond motifs is 10. The second-order valence-electron chi connectivity index (χ2n) is 17.9. The Morgan fingerprint density at radius 2 is 1.13 bits per heavy atom. The van der Waals surface area contributed by atoms with Crippen molar-refractivity contribution in [3.05, 3.63) is 93.8 Å². The van der Waals surface area contributed by atoms with Crippen molar-refractivity contribution >= 4 is 0 Å². The van der Waals surface area contributed by atoms with Gasteiger partial charge in [0.25, 0.3) is 0 Å². The fourth-order valence-electron chi connectivity index (χ4n) is 12.9. The molecule has 0 amide bonds. The van der Waals surface area contributed by atoms with E-state index in [4.69, 9.17) is 9.47 Å². The number of halogens is 1. The van der Waals surface area contributed by atoms with Crippen molar-refractivity contribution < 1.29 is 24.1 Å². The summed E-state index contributed by atoms with van der Waals surface area (Å²) in [6, 6.07) is 18.1. The topological polar surface area (TPSA) is 58.9 Å². The Balaban J connectivity index is 0.906. The third kappa shape index (κ3) is 5.32. The molecule has 2 N–H and O–H groups in total. The van der Waals surface area contributed by atoms with Crippen molar-refractivity contribution in [2.75, 3.05) is 14.2 Å². The van der Waals surface area contributed by atoms with Gasteiger partial charge in [-0.3, -0.25) is 0 Å². The molecule has 0 radical (unpaired) electrons. The molecule has 3 aromatic rings. The van der Waals surface area contributed by atoms with Crippen LogP contribution in [0.1, 0.15) is 123 Å². The maximum atomic E-state index is 15.7. The molecule has 0 aromatic heterocycles. The molecule has 10 atom stereocenters. The normalized spacial score (nSPS) is 37.6. The first-order valence-corrected chi connectivity index (χ1v) is 20.1. The van der Waals surface area contributed by atoms with Crippen LogP contribution in [0.4, 0.5) is 4.39 Å². The summed E-state index contributed by atoms with van der Waals surface area (Å²) in [6.07, 6.45) is 11.4.